The summed E-state index contributed by atoms with van der Waals surface area (Å²) >= 11 is 11.3. The number of carbonyl (C=O) groups excluding carboxylic acids is 2. The molecule has 0 bridgehead atoms. The van der Waals surface area contributed by atoms with E-state index in [4.69, 9.17) is 33.0 Å². The van der Waals surface area contributed by atoms with Crippen molar-refractivity contribution in [1.82, 2.24) is 10.6 Å². The molecule has 0 aromatic rings. The van der Waals surface area contributed by atoms with Crippen molar-refractivity contribution in [3.05, 3.63) is 0 Å². The molecule has 0 rings (SSSR count). The predicted octanol–water partition coefficient (Wildman–Crippen LogP) is 1.27. The molecule has 20 heavy (non-hydrogen) atoms. The molecule has 0 saturated carbocycles. The number of hydrogen-bond donors (Lipinski definition) is 3. The highest BCUT2D eigenvalue weighted by Crippen LogP contribution is 2.13. The molecule has 2 atom stereocenters. The highest BCUT2D eigenvalue weighted by atomic mass is 35.5. The zero-order valence-electron chi connectivity index (χ0n) is 11.6. The number of alkyl carbamates (subject to hydrolysis) is 1. The number of halogens is 2. The van der Waals surface area contributed by atoms with Crippen molar-refractivity contribution < 1.29 is 24.2 Å². The molecule has 0 aromatic heterocycles. The maximum Gasteiger partial charge on any atom is 0.409 e. The van der Waals surface area contributed by atoms with E-state index >= 15 is 0 Å². The zero-order valence-corrected chi connectivity index (χ0v) is 13.1. The van der Waals surface area contributed by atoms with Gasteiger partial charge in [-0.05, 0) is 27.7 Å². The minimum absolute atomic E-state index is 0.333. The Labute approximate surface area is 126 Å². The van der Waals surface area contributed by atoms with Crippen LogP contribution in [0, 0.1) is 0 Å². The van der Waals surface area contributed by atoms with Crippen molar-refractivity contribution in [1.29, 1.82) is 0 Å². The second-order valence-electron chi connectivity index (χ2n) is 5.15. The maximum absolute atomic E-state index is 11.8. The summed E-state index contributed by atoms with van der Waals surface area (Å²) in [6, 6.07) is -1.30. The van der Waals surface area contributed by atoms with Crippen LogP contribution in [-0.4, -0.2) is 45.6 Å². The summed E-state index contributed by atoms with van der Waals surface area (Å²) in [5, 5.41) is 13.0. The highest BCUT2D eigenvalue weighted by molar-refractivity contribution is 6.35. The summed E-state index contributed by atoms with van der Waals surface area (Å²) in [6.07, 6.45) is -0.900. The summed E-state index contributed by atoms with van der Waals surface area (Å²) in [7, 11) is 0. The van der Waals surface area contributed by atoms with Gasteiger partial charge in [-0.15, -0.1) is 11.6 Å². The summed E-state index contributed by atoms with van der Waals surface area (Å²) in [5.41, 5.74) is -0.757. The lowest BCUT2D eigenvalue weighted by atomic mass is 10.2. The van der Waals surface area contributed by atoms with Crippen LogP contribution in [0.2, 0.25) is 0 Å². The summed E-state index contributed by atoms with van der Waals surface area (Å²) in [5.74, 6) is -2.54. The average Bonchev–Trinajstić information content (AvgIpc) is 2.20. The van der Waals surface area contributed by atoms with E-state index in [1.165, 1.54) is 6.92 Å². The monoisotopic (exact) mass is 328 g/mol. The fraction of sp³-hybridized carbons (Fsp3) is 0.727. The van der Waals surface area contributed by atoms with Crippen LogP contribution in [0.15, 0.2) is 0 Å². The lowest BCUT2D eigenvalue weighted by Gasteiger charge is -2.26. The second-order valence-corrected chi connectivity index (χ2v) is 6.21. The fourth-order valence-electron chi connectivity index (χ4n) is 1.01. The molecule has 0 aliphatic rings. The molecule has 0 unspecified atom stereocenters. The van der Waals surface area contributed by atoms with Crippen LogP contribution < -0.4 is 10.6 Å². The first-order chi connectivity index (χ1) is 8.89. The number of aliphatic carboxylic acids is 1. The summed E-state index contributed by atoms with van der Waals surface area (Å²) in [4.78, 5) is 32.2. The van der Waals surface area contributed by atoms with E-state index in [1.54, 1.807) is 20.8 Å². The van der Waals surface area contributed by atoms with Crippen molar-refractivity contribution in [3.63, 3.8) is 0 Å². The van der Waals surface area contributed by atoms with Gasteiger partial charge in [0.1, 0.15) is 11.6 Å². The van der Waals surface area contributed by atoms with Gasteiger partial charge in [0.2, 0.25) is 0 Å². The quantitative estimate of drug-likeness (QED) is 0.520. The van der Waals surface area contributed by atoms with Crippen LogP contribution >= 0.6 is 23.2 Å². The minimum atomic E-state index is -1.86. The van der Waals surface area contributed by atoms with Gasteiger partial charge in [0.15, 0.2) is 5.00 Å². The molecule has 0 aliphatic heterocycles. The van der Waals surface area contributed by atoms with Crippen LogP contribution in [0.25, 0.3) is 0 Å². The number of alkyl halides is 2. The third-order valence-electron chi connectivity index (χ3n) is 1.92. The Morgan fingerprint density at radius 3 is 2.10 bits per heavy atom. The SMILES string of the molecule is CC(C)(C)OC(=O)N[C@](C)(Cl)C(=O)N[C@@H](CCl)C(=O)O. The van der Waals surface area contributed by atoms with E-state index in [-0.39, 0.29) is 5.88 Å². The van der Waals surface area contributed by atoms with Crippen LogP contribution in [0.4, 0.5) is 4.79 Å². The number of rotatable bonds is 5. The van der Waals surface area contributed by atoms with Gasteiger partial charge >= 0.3 is 12.1 Å². The number of amides is 2. The molecule has 3 N–H and O–H groups in total. The Hall–Kier alpha value is -1.21. The van der Waals surface area contributed by atoms with Gasteiger partial charge < -0.3 is 15.2 Å². The summed E-state index contributed by atoms with van der Waals surface area (Å²) in [6.45, 7) is 6.13. The van der Waals surface area contributed by atoms with E-state index in [1.807, 2.05) is 0 Å². The average molecular weight is 329 g/mol. The lowest BCUT2D eigenvalue weighted by molar-refractivity contribution is -0.141. The number of carboxylic acid groups (broad SMARTS) is 1. The van der Waals surface area contributed by atoms with Crippen LogP contribution in [0.1, 0.15) is 27.7 Å². The van der Waals surface area contributed by atoms with Gasteiger partial charge in [-0.2, -0.15) is 0 Å². The molecule has 9 heteroatoms. The molecule has 0 radical (unpaired) electrons. The lowest BCUT2D eigenvalue weighted by Crippen LogP contribution is -2.57. The predicted molar refractivity (Wildman–Crippen MR) is 73.9 cm³/mol. The second kappa shape index (κ2) is 6.99. The molecule has 0 fully saturated rings. The molecule has 0 aliphatic carbocycles. The molecule has 7 nitrogen and oxygen atoms in total. The van der Waals surface area contributed by atoms with E-state index in [2.05, 4.69) is 10.6 Å². The van der Waals surface area contributed by atoms with Gasteiger partial charge in [0.05, 0.1) is 5.88 Å². The van der Waals surface area contributed by atoms with E-state index in [0.29, 0.717) is 0 Å². The first-order valence-corrected chi connectivity index (χ1v) is 6.60. The van der Waals surface area contributed by atoms with Crippen molar-refractivity contribution in [2.75, 3.05) is 5.88 Å². The van der Waals surface area contributed by atoms with E-state index in [9.17, 15) is 14.4 Å². The Morgan fingerprint density at radius 1 is 1.25 bits per heavy atom. The molecule has 0 spiro atoms. The molecule has 0 saturated heterocycles. The number of hydrogen-bond acceptors (Lipinski definition) is 4. The maximum atomic E-state index is 11.8. The van der Waals surface area contributed by atoms with E-state index in [0.717, 1.165) is 0 Å². The first-order valence-electron chi connectivity index (χ1n) is 5.69. The molecule has 0 aromatic carbocycles. The summed E-state index contributed by atoms with van der Waals surface area (Å²) < 4.78 is 4.95. The third-order valence-corrected chi connectivity index (χ3v) is 2.49. The van der Waals surface area contributed by atoms with Crippen LogP contribution in [0.3, 0.4) is 0 Å². The number of ether oxygens (including phenoxy) is 1. The molecular formula is C11H18Cl2N2O5. The van der Waals surface area contributed by atoms with Gasteiger partial charge in [0, 0.05) is 0 Å². The third kappa shape index (κ3) is 6.81. The van der Waals surface area contributed by atoms with Gasteiger partial charge in [-0.25, -0.2) is 9.59 Å². The largest absolute Gasteiger partial charge is 0.480 e. The Bertz CT molecular complexity index is 393. The Balaban J connectivity index is 4.67. The van der Waals surface area contributed by atoms with Crippen LogP contribution in [-0.2, 0) is 14.3 Å². The van der Waals surface area contributed by atoms with Crippen molar-refractivity contribution in [3.8, 4) is 0 Å². The van der Waals surface area contributed by atoms with E-state index < -0.39 is 34.6 Å². The van der Waals surface area contributed by atoms with Crippen molar-refractivity contribution in [2.24, 2.45) is 0 Å². The minimum Gasteiger partial charge on any atom is -0.480 e. The fourth-order valence-corrected chi connectivity index (χ4v) is 1.35. The molecule has 2 amide bonds. The number of nitrogens with one attached hydrogen (secondary N) is 2. The van der Waals surface area contributed by atoms with Gasteiger partial charge in [-0.1, -0.05) is 11.6 Å². The number of carboxylic acids is 1. The number of carbonyl (C=O) groups is 3. The van der Waals surface area contributed by atoms with Crippen molar-refractivity contribution in [2.45, 2.75) is 44.3 Å². The smallest absolute Gasteiger partial charge is 0.409 e. The van der Waals surface area contributed by atoms with Crippen molar-refractivity contribution >= 4 is 41.2 Å². The zero-order chi connectivity index (χ0) is 16.1. The standard InChI is InChI=1S/C11H18Cl2N2O5/c1-10(2,3)20-9(19)15-11(4,13)8(18)14-6(5-12)7(16)17/h6H,5H2,1-4H3,(H,14,18)(H,15,19)(H,16,17)/t6-,11-/m0/s1. The topological polar surface area (TPSA) is 105 Å². The van der Waals surface area contributed by atoms with Gasteiger partial charge in [0.25, 0.3) is 5.91 Å². The van der Waals surface area contributed by atoms with Gasteiger partial charge in [-0.3, -0.25) is 10.1 Å². The molecule has 0 heterocycles. The Kier molecular flexibility index (Phi) is 6.56. The first kappa shape index (κ1) is 18.8. The van der Waals surface area contributed by atoms with Crippen LogP contribution in [0.5, 0.6) is 0 Å². The highest BCUT2D eigenvalue weighted by Gasteiger charge is 2.36. The Morgan fingerprint density at radius 2 is 1.75 bits per heavy atom. The molecule has 116 valence electrons. The normalized spacial score (nSPS) is 15.7. The molecular weight excluding hydrogens is 311 g/mol.